The highest BCUT2D eigenvalue weighted by Crippen LogP contribution is 2.27. The highest BCUT2D eigenvalue weighted by atomic mass is 16.3. The highest BCUT2D eigenvalue weighted by molar-refractivity contribution is 5.77. The number of aromatic amines is 2. The van der Waals surface area contributed by atoms with Crippen molar-refractivity contribution in [2.75, 3.05) is 7.05 Å². The monoisotopic (exact) mass is 299 g/mol. The molecule has 0 saturated carbocycles. The van der Waals surface area contributed by atoms with Crippen LogP contribution in [0.3, 0.4) is 0 Å². The Morgan fingerprint density at radius 1 is 1.18 bits per heavy atom. The van der Waals surface area contributed by atoms with E-state index in [4.69, 9.17) is 4.42 Å². The van der Waals surface area contributed by atoms with Crippen LogP contribution in [0.2, 0.25) is 0 Å². The Kier molecular flexibility index (Phi) is 3.68. The Balaban J connectivity index is 1.83. The van der Waals surface area contributed by atoms with Gasteiger partial charge in [-0.15, -0.1) is 0 Å². The third kappa shape index (κ3) is 2.87. The zero-order chi connectivity index (χ0) is 15.7. The minimum Gasteiger partial charge on any atom is -0.459 e. The predicted molar refractivity (Wildman–Crippen MR) is 83.8 cm³/mol. The maximum absolute atomic E-state index is 11.3. The van der Waals surface area contributed by atoms with Crippen molar-refractivity contribution in [3.63, 3.8) is 0 Å². The zero-order valence-electron chi connectivity index (χ0n) is 12.4. The van der Waals surface area contributed by atoms with Gasteiger partial charge < -0.3 is 9.40 Å². The Hall–Kier alpha value is -2.60. The first-order chi connectivity index (χ1) is 10.5. The molecule has 2 aromatic heterocycles. The van der Waals surface area contributed by atoms with E-state index in [9.17, 15) is 9.59 Å². The van der Waals surface area contributed by atoms with Crippen LogP contribution in [0.25, 0.3) is 11.0 Å². The van der Waals surface area contributed by atoms with Gasteiger partial charge in [-0.2, -0.15) is 0 Å². The molecular weight excluding hydrogens is 282 g/mol. The molecule has 0 amide bonds. The van der Waals surface area contributed by atoms with Crippen LogP contribution in [0.5, 0.6) is 0 Å². The normalized spacial score (nSPS) is 12.9. The molecule has 0 aliphatic carbocycles. The van der Waals surface area contributed by atoms with Crippen LogP contribution in [0.1, 0.15) is 24.4 Å². The number of hydrogen-bond acceptors (Lipinski definition) is 4. The van der Waals surface area contributed by atoms with E-state index in [-0.39, 0.29) is 6.04 Å². The molecule has 114 valence electrons. The average Bonchev–Trinajstić information content (AvgIpc) is 2.89. The van der Waals surface area contributed by atoms with Gasteiger partial charge in [0, 0.05) is 23.7 Å². The third-order valence-corrected chi connectivity index (χ3v) is 3.75. The van der Waals surface area contributed by atoms with Gasteiger partial charge in [-0.1, -0.05) is 18.2 Å². The first kappa shape index (κ1) is 14.3. The molecule has 0 aliphatic rings. The first-order valence-corrected chi connectivity index (χ1v) is 7.04. The summed E-state index contributed by atoms with van der Waals surface area (Å²) in [5.74, 6) is 0.843. The van der Waals surface area contributed by atoms with E-state index in [0.717, 1.165) is 16.7 Å². The lowest BCUT2D eigenvalue weighted by Crippen LogP contribution is -2.28. The molecule has 0 saturated heterocycles. The van der Waals surface area contributed by atoms with E-state index in [1.165, 1.54) is 6.07 Å². The molecule has 2 N–H and O–H groups in total. The molecule has 3 rings (SSSR count). The average molecular weight is 299 g/mol. The molecule has 0 fully saturated rings. The highest BCUT2D eigenvalue weighted by Gasteiger charge is 2.17. The molecule has 3 aromatic rings. The number of hydrogen-bond donors (Lipinski definition) is 2. The van der Waals surface area contributed by atoms with Gasteiger partial charge in [-0.3, -0.25) is 14.7 Å². The van der Waals surface area contributed by atoms with Crippen LogP contribution in [0, 0.1) is 0 Å². The summed E-state index contributed by atoms with van der Waals surface area (Å²) in [6, 6.07) is 11.3. The number of nitrogens with one attached hydrogen (secondary N) is 2. The van der Waals surface area contributed by atoms with Crippen molar-refractivity contribution < 1.29 is 4.42 Å². The van der Waals surface area contributed by atoms with Crippen LogP contribution in [-0.2, 0) is 6.54 Å². The summed E-state index contributed by atoms with van der Waals surface area (Å²) in [6.45, 7) is 2.46. The summed E-state index contributed by atoms with van der Waals surface area (Å²) in [4.78, 5) is 29.4. The molecule has 2 heterocycles. The van der Waals surface area contributed by atoms with Crippen molar-refractivity contribution in [2.45, 2.75) is 19.5 Å². The number of aromatic nitrogens is 2. The molecule has 0 bridgehead atoms. The lowest BCUT2D eigenvalue weighted by molar-refractivity contribution is 0.223. The quantitative estimate of drug-likeness (QED) is 0.772. The van der Waals surface area contributed by atoms with E-state index < -0.39 is 11.2 Å². The smallest absolute Gasteiger partial charge is 0.325 e. The summed E-state index contributed by atoms with van der Waals surface area (Å²) in [6.07, 6.45) is 0. The van der Waals surface area contributed by atoms with Gasteiger partial charge >= 0.3 is 5.69 Å². The fourth-order valence-corrected chi connectivity index (χ4v) is 2.44. The standard InChI is InChI=1S/C16H17N3O3/c1-10(14-7-11-5-3-4-6-13(11)22-14)19(2)9-12-8-15(20)18-16(21)17-12/h3-8,10H,9H2,1-2H3,(H2,17,18,20,21)/t10-/m1/s1. The van der Waals surface area contributed by atoms with E-state index in [0.29, 0.717) is 12.2 Å². The number of furan rings is 1. The lowest BCUT2D eigenvalue weighted by atomic mass is 10.2. The minimum absolute atomic E-state index is 0.00943. The Morgan fingerprint density at radius 3 is 2.68 bits per heavy atom. The lowest BCUT2D eigenvalue weighted by Gasteiger charge is -2.22. The van der Waals surface area contributed by atoms with Gasteiger partial charge in [0.05, 0.1) is 6.04 Å². The second kappa shape index (κ2) is 5.65. The number of para-hydroxylation sites is 1. The molecule has 6 nitrogen and oxygen atoms in total. The number of fused-ring (bicyclic) bond motifs is 1. The second-order valence-corrected chi connectivity index (χ2v) is 5.39. The molecule has 0 spiro atoms. The van der Waals surface area contributed by atoms with Crippen molar-refractivity contribution in [2.24, 2.45) is 0 Å². The predicted octanol–water partition coefficient (Wildman–Crippen LogP) is 2.00. The maximum Gasteiger partial charge on any atom is 0.325 e. The van der Waals surface area contributed by atoms with Crippen LogP contribution in [0.15, 0.2) is 50.4 Å². The van der Waals surface area contributed by atoms with Crippen molar-refractivity contribution >= 4 is 11.0 Å². The van der Waals surface area contributed by atoms with E-state index in [1.807, 2.05) is 49.2 Å². The summed E-state index contributed by atoms with van der Waals surface area (Å²) in [7, 11) is 1.91. The Bertz CT molecular complexity index is 845. The van der Waals surface area contributed by atoms with Crippen LogP contribution < -0.4 is 11.2 Å². The van der Waals surface area contributed by atoms with Gasteiger partial charge in [-0.25, -0.2) is 4.79 Å². The SMILES string of the molecule is C[C@H](c1cc2ccccc2o1)N(C)Cc1cc(=O)[nH]c(=O)[nH]1. The topological polar surface area (TPSA) is 82.1 Å². The fourth-order valence-electron chi connectivity index (χ4n) is 2.44. The summed E-state index contributed by atoms with van der Waals surface area (Å²) < 4.78 is 5.85. The van der Waals surface area contributed by atoms with Gasteiger partial charge in [0.1, 0.15) is 11.3 Å². The molecule has 0 aliphatic heterocycles. The summed E-state index contributed by atoms with van der Waals surface area (Å²) in [5.41, 5.74) is 0.525. The third-order valence-electron chi connectivity index (χ3n) is 3.75. The number of nitrogens with zero attached hydrogens (tertiary/aromatic N) is 1. The van der Waals surface area contributed by atoms with Gasteiger partial charge in [-0.05, 0) is 26.1 Å². The molecule has 1 aromatic carbocycles. The molecule has 0 radical (unpaired) electrons. The number of rotatable bonds is 4. The maximum atomic E-state index is 11.3. The molecule has 6 heteroatoms. The molecule has 0 unspecified atom stereocenters. The van der Waals surface area contributed by atoms with E-state index in [1.54, 1.807) is 0 Å². The zero-order valence-corrected chi connectivity index (χ0v) is 12.4. The largest absolute Gasteiger partial charge is 0.459 e. The van der Waals surface area contributed by atoms with E-state index >= 15 is 0 Å². The number of benzene rings is 1. The first-order valence-electron chi connectivity index (χ1n) is 7.04. The Morgan fingerprint density at radius 2 is 1.95 bits per heavy atom. The minimum atomic E-state index is -0.493. The molecule has 22 heavy (non-hydrogen) atoms. The molecular formula is C16H17N3O3. The van der Waals surface area contributed by atoms with Crippen molar-refractivity contribution in [1.29, 1.82) is 0 Å². The van der Waals surface area contributed by atoms with Crippen LogP contribution >= 0.6 is 0 Å². The summed E-state index contributed by atoms with van der Waals surface area (Å²) in [5, 5.41) is 1.06. The van der Waals surface area contributed by atoms with Gasteiger partial charge in [0.25, 0.3) is 5.56 Å². The van der Waals surface area contributed by atoms with Gasteiger partial charge in [0.2, 0.25) is 0 Å². The fraction of sp³-hybridized carbons (Fsp3) is 0.250. The van der Waals surface area contributed by atoms with Crippen LogP contribution in [0.4, 0.5) is 0 Å². The number of H-pyrrole nitrogens is 2. The van der Waals surface area contributed by atoms with Crippen molar-refractivity contribution in [1.82, 2.24) is 14.9 Å². The molecule has 1 atom stereocenters. The Labute approximate surface area is 126 Å². The van der Waals surface area contributed by atoms with Crippen LogP contribution in [-0.4, -0.2) is 21.9 Å². The van der Waals surface area contributed by atoms with Gasteiger partial charge in [0.15, 0.2) is 0 Å². The van der Waals surface area contributed by atoms with Crippen molar-refractivity contribution in [3.05, 3.63) is 68.7 Å². The van der Waals surface area contributed by atoms with Crippen molar-refractivity contribution in [3.8, 4) is 0 Å². The summed E-state index contributed by atoms with van der Waals surface area (Å²) >= 11 is 0. The second-order valence-electron chi connectivity index (χ2n) is 5.39. The van der Waals surface area contributed by atoms with E-state index in [2.05, 4.69) is 9.97 Å².